The molecule has 0 aliphatic heterocycles. The Morgan fingerprint density at radius 3 is 2.39 bits per heavy atom. The molecular formula is C30H38N4O4. The van der Waals surface area contributed by atoms with Crippen LogP contribution in [0, 0.1) is 11.3 Å². The zero-order chi connectivity index (χ0) is 27.4. The Balaban J connectivity index is 1.63. The summed E-state index contributed by atoms with van der Waals surface area (Å²) in [4.78, 5) is 30.6. The maximum absolute atomic E-state index is 12.3. The number of allylic oxidation sites excluding steroid dienone is 1. The van der Waals surface area contributed by atoms with Crippen LogP contribution in [0.1, 0.15) is 62.4 Å². The summed E-state index contributed by atoms with van der Waals surface area (Å²) >= 11 is 0. The predicted molar refractivity (Wildman–Crippen MR) is 149 cm³/mol. The minimum absolute atomic E-state index is 0.283. The van der Waals surface area contributed by atoms with Crippen LogP contribution in [-0.4, -0.2) is 43.9 Å². The highest BCUT2D eigenvalue weighted by atomic mass is 16.4. The summed E-state index contributed by atoms with van der Waals surface area (Å²) in [7, 11) is 0. The van der Waals surface area contributed by atoms with Crippen molar-refractivity contribution < 1.29 is 19.8 Å². The van der Waals surface area contributed by atoms with E-state index in [0.717, 1.165) is 48.2 Å². The number of fused-ring (bicyclic) bond motifs is 1. The summed E-state index contributed by atoms with van der Waals surface area (Å²) in [6.07, 6.45) is 4.43. The molecule has 3 N–H and O–H groups in total. The fraction of sp³-hybridized carbons (Fsp3) is 0.433. The van der Waals surface area contributed by atoms with E-state index in [1.807, 2.05) is 36.4 Å². The number of aliphatic hydroxyl groups excluding tert-OH is 1. The van der Waals surface area contributed by atoms with Gasteiger partial charge in [0.2, 0.25) is 12.2 Å². The molecule has 1 aliphatic carbocycles. The summed E-state index contributed by atoms with van der Waals surface area (Å²) in [6, 6.07) is 15.5. The topological polar surface area (TPSA) is 108 Å². The third-order valence-corrected chi connectivity index (χ3v) is 7.64. The molecule has 1 fully saturated rings. The molecule has 1 amide bonds. The Labute approximate surface area is 224 Å². The number of nitrogens with one attached hydrogen (secondary N) is 1. The molecule has 1 aromatic heterocycles. The fourth-order valence-corrected chi connectivity index (χ4v) is 5.44. The Morgan fingerprint density at radius 1 is 1.13 bits per heavy atom. The lowest BCUT2D eigenvalue weighted by molar-refractivity contribution is -0.147. The minimum Gasteiger partial charge on any atom is -0.478 e. The van der Waals surface area contributed by atoms with E-state index in [1.54, 1.807) is 12.1 Å². The number of carbonyl (C=O) groups excluding carboxylic acids is 1. The highest BCUT2D eigenvalue weighted by Crippen LogP contribution is 2.40. The molecule has 1 saturated carbocycles. The molecule has 1 atom stereocenters. The Bertz CT molecular complexity index is 1280. The van der Waals surface area contributed by atoms with Crippen LogP contribution in [0.4, 0.5) is 5.95 Å². The van der Waals surface area contributed by atoms with Gasteiger partial charge >= 0.3 is 5.97 Å². The molecule has 0 saturated heterocycles. The number of benzene rings is 2. The average Bonchev–Trinajstić information content (AvgIpc) is 3.25. The molecule has 0 spiro atoms. The molecule has 202 valence electrons. The molecule has 2 aromatic carbocycles. The van der Waals surface area contributed by atoms with Gasteiger partial charge in [-0.2, -0.15) is 0 Å². The second-order valence-corrected chi connectivity index (χ2v) is 11.2. The lowest BCUT2D eigenvalue weighted by atomic mass is 9.71. The maximum atomic E-state index is 12.3. The van der Waals surface area contributed by atoms with Gasteiger partial charge < -0.3 is 25.0 Å². The monoisotopic (exact) mass is 518 g/mol. The third kappa shape index (κ3) is 6.07. The van der Waals surface area contributed by atoms with Gasteiger partial charge in [0, 0.05) is 24.7 Å². The van der Waals surface area contributed by atoms with Crippen molar-refractivity contribution in [3.8, 4) is 0 Å². The first kappa shape index (κ1) is 27.4. The molecular weight excluding hydrogens is 480 g/mol. The number of hydrogen-bond donors (Lipinski definition) is 3. The van der Waals surface area contributed by atoms with Crippen molar-refractivity contribution in [1.82, 2.24) is 14.9 Å². The fourth-order valence-electron chi connectivity index (χ4n) is 5.44. The number of carboxylic acids is 1. The number of rotatable bonds is 9. The van der Waals surface area contributed by atoms with E-state index in [0.29, 0.717) is 25.0 Å². The van der Waals surface area contributed by atoms with E-state index in [2.05, 4.69) is 48.2 Å². The van der Waals surface area contributed by atoms with Crippen molar-refractivity contribution in [1.29, 1.82) is 0 Å². The Hall–Kier alpha value is -3.65. The van der Waals surface area contributed by atoms with Gasteiger partial charge in [0.15, 0.2) is 0 Å². The van der Waals surface area contributed by atoms with Gasteiger partial charge in [-0.1, -0.05) is 51.1 Å². The van der Waals surface area contributed by atoms with Gasteiger partial charge in [0.25, 0.3) is 5.91 Å². The molecule has 4 rings (SSSR count). The summed E-state index contributed by atoms with van der Waals surface area (Å²) < 4.78 is 2.22. The van der Waals surface area contributed by atoms with E-state index in [1.165, 1.54) is 0 Å². The first-order chi connectivity index (χ1) is 18.1. The van der Waals surface area contributed by atoms with Gasteiger partial charge in [0.1, 0.15) is 0 Å². The zero-order valence-electron chi connectivity index (χ0n) is 22.4. The molecule has 1 heterocycles. The number of carboxylic acid groups (broad SMARTS) is 1. The Morgan fingerprint density at radius 2 is 1.79 bits per heavy atom. The minimum atomic E-state index is -1.95. The average molecular weight is 519 g/mol. The van der Waals surface area contributed by atoms with Crippen molar-refractivity contribution in [3.05, 3.63) is 72.3 Å². The smallest absolute Gasteiger partial charge is 0.353 e. The molecule has 8 heteroatoms. The zero-order valence-corrected chi connectivity index (χ0v) is 22.4. The first-order valence-electron chi connectivity index (χ1n) is 13.2. The first-order valence-corrected chi connectivity index (χ1v) is 13.2. The van der Waals surface area contributed by atoms with Gasteiger partial charge in [-0.05, 0) is 66.8 Å². The Kier molecular flexibility index (Phi) is 8.21. The van der Waals surface area contributed by atoms with E-state index < -0.39 is 18.1 Å². The van der Waals surface area contributed by atoms with Crippen molar-refractivity contribution in [2.24, 2.45) is 11.3 Å². The third-order valence-electron chi connectivity index (χ3n) is 7.64. The molecule has 0 radical (unpaired) electrons. The van der Waals surface area contributed by atoms with E-state index in [4.69, 9.17) is 10.1 Å². The molecule has 1 aliphatic rings. The SMILES string of the molecule is C=CCn1c(N(Cc2ccc(C(=O)NC(O)C(=O)O)cc2)C2CCC(C(C)(C)C)CC2)nc2ccccc21. The molecule has 0 bridgehead atoms. The standard InChI is InChI=1S/C30H38N4O4/c1-5-18-33-25-9-7-6-8-24(25)31-29(33)34(23-16-14-22(15-17-23)30(2,3)4)19-20-10-12-21(13-11-20)26(35)32-27(36)28(37)38/h5-13,22-23,27,36H,1,14-19H2,2-4H3,(H,32,35)(H,37,38). The molecule has 38 heavy (non-hydrogen) atoms. The maximum Gasteiger partial charge on any atom is 0.353 e. The van der Waals surface area contributed by atoms with Crippen molar-refractivity contribution >= 4 is 28.9 Å². The van der Waals surface area contributed by atoms with Crippen LogP contribution in [0.5, 0.6) is 0 Å². The van der Waals surface area contributed by atoms with E-state index in [-0.39, 0.29) is 11.0 Å². The quantitative estimate of drug-likeness (QED) is 0.273. The van der Waals surface area contributed by atoms with Gasteiger partial charge in [-0.15, -0.1) is 6.58 Å². The van der Waals surface area contributed by atoms with Crippen LogP contribution in [-0.2, 0) is 17.9 Å². The lowest BCUT2D eigenvalue weighted by Crippen LogP contribution is -2.41. The number of aliphatic carboxylic acids is 1. The molecule has 8 nitrogen and oxygen atoms in total. The van der Waals surface area contributed by atoms with Crippen LogP contribution in [0.3, 0.4) is 0 Å². The summed E-state index contributed by atoms with van der Waals surface area (Å²) in [5.74, 6) is -0.547. The number of aliphatic hydroxyl groups is 1. The second kappa shape index (κ2) is 11.4. The number of aromatic nitrogens is 2. The van der Waals surface area contributed by atoms with Gasteiger partial charge in [-0.25, -0.2) is 9.78 Å². The van der Waals surface area contributed by atoms with Crippen LogP contribution >= 0.6 is 0 Å². The number of para-hydroxylation sites is 2. The van der Waals surface area contributed by atoms with Crippen LogP contribution in [0.2, 0.25) is 0 Å². The molecule has 3 aromatic rings. The predicted octanol–water partition coefficient (Wildman–Crippen LogP) is 4.97. The van der Waals surface area contributed by atoms with E-state index in [9.17, 15) is 14.7 Å². The summed E-state index contributed by atoms with van der Waals surface area (Å²) in [5.41, 5.74) is 3.60. The second-order valence-electron chi connectivity index (χ2n) is 11.2. The normalized spacial score (nSPS) is 18.6. The van der Waals surface area contributed by atoms with Crippen molar-refractivity contribution in [3.63, 3.8) is 0 Å². The lowest BCUT2D eigenvalue weighted by Gasteiger charge is -2.41. The van der Waals surface area contributed by atoms with E-state index >= 15 is 0 Å². The summed E-state index contributed by atoms with van der Waals surface area (Å²) in [6.45, 7) is 12.2. The number of amides is 1. The van der Waals surface area contributed by atoms with Crippen LogP contribution < -0.4 is 10.2 Å². The largest absolute Gasteiger partial charge is 0.478 e. The van der Waals surface area contributed by atoms with Crippen LogP contribution in [0.15, 0.2) is 61.2 Å². The number of anilines is 1. The summed E-state index contributed by atoms with van der Waals surface area (Å²) in [5, 5.41) is 20.4. The van der Waals surface area contributed by atoms with Crippen molar-refractivity contribution in [2.75, 3.05) is 4.90 Å². The van der Waals surface area contributed by atoms with Crippen LogP contribution in [0.25, 0.3) is 11.0 Å². The number of nitrogens with zero attached hydrogens (tertiary/aromatic N) is 3. The highest BCUT2D eigenvalue weighted by Gasteiger charge is 2.33. The van der Waals surface area contributed by atoms with Gasteiger partial charge in [0.05, 0.1) is 11.0 Å². The number of carbonyl (C=O) groups is 2. The highest BCUT2D eigenvalue weighted by molar-refractivity contribution is 5.96. The molecule has 1 unspecified atom stereocenters. The number of imidazole rings is 1. The van der Waals surface area contributed by atoms with Crippen molar-refractivity contribution in [2.45, 2.75) is 71.8 Å². The van der Waals surface area contributed by atoms with Gasteiger partial charge in [-0.3, -0.25) is 4.79 Å². The number of hydrogen-bond acceptors (Lipinski definition) is 5.